The van der Waals surface area contributed by atoms with E-state index in [1.54, 1.807) is 42.5 Å². The highest BCUT2D eigenvalue weighted by Gasteiger charge is 2.15. The summed E-state index contributed by atoms with van der Waals surface area (Å²) in [6, 6.07) is 12.1. The van der Waals surface area contributed by atoms with Gasteiger partial charge in [-0.1, -0.05) is 46.7 Å². The number of halogens is 2. The lowest BCUT2D eigenvalue weighted by Gasteiger charge is -2.06. The molecule has 1 heterocycles. The van der Waals surface area contributed by atoms with Gasteiger partial charge in [-0.3, -0.25) is 10.1 Å². The number of nitrogens with zero attached hydrogens (tertiary/aromatic N) is 2. The van der Waals surface area contributed by atoms with Crippen LogP contribution in [0.3, 0.4) is 0 Å². The maximum absolute atomic E-state index is 12.4. The number of methoxy groups -OCH3 is 1. The van der Waals surface area contributed by atoms with Crippen molar-refractivity contribution in [1.29, 1.82) is 0 Å². The summed E-state index contributed by atoms with van der Waals surface area (Å²) in [7, 11) is 1.51. The number of anilines is 1. The van der Waals surface area contributed by atoms with Crippen molar-refractivity contribution in [2.75, 3.05) is 12.4 Å². The van der Waals surface area contributed by atoms with Crippen LogP contribution >= 0.6 is 34.5 Å². The maximum atomic E-state index is 12.4. The molecule has 24 heavy (non-hydrogen) atoms. The first-order chi connectivity index (χ1) is 11.6. The molecule has 0 aliphatic heterocycles. The molecule has 1 N–H and O–H groups in total. The van der Waals surface area contributed by atoms with Gasteiger partial charge in [-0.2, -0.15) is 0 Å². The van der Waals surface area contributed by atoms with E-state index < -0.39 is 0 Å². The third kappa shape index (κ3) is 3.51. The first-order valence-corrected chi connectivity index (χ1v) is 8.39. The van der Waals surface area contributed by atoms with Crippen LogP contribution in [-0.4, -0.2) is 23.2 Å². The number of para-hydroxylation sites is 1. The van der Waals surface area contributed by atoms with Crippen molar-refractivity contribution in [2.24, 2.45) is 0 Å². The van der Waals surface area contributed by atoms with E-state index in [2.05, 4.69) is 15.5 Å². The molecule has 1 amide bonds. The van der Waals surface area contributed by atoms with Gasteiger partial charge in [0.25, 0.3) is 5.91 Å². The lowest BCUT2D eigenvalue weighted by atomic mass is 10.2. The van der Waals surface area contributed by atoms with E-state index >= 15 is 0 Å². The predicted octanol–water partition coefficient (Wildman–Crippen LogP) is 4.77. The minimum absolute atomic E-state index is 0.322. The molecule has 0 bridgehead atoms. The highest BCUT2D eigenvalue weighted by atomic mass is 35.5. The number of carbonyl (C=O) groups excluding carboxylic acids is 1. The van der Waals surface area contributed by atoms with E-state index in [4.69, 9.17) is 27.9 Å². The summed E-state index contributed by atoms with van der Waals surface area (Å²) in [5.74, 6) is 0.165. The molecular formula is C16H11Cl2N3O2S. The number of hydrogen-bond acceptors (Lipinski definition) is 5. The Balaban J connectivity index is 1.82. The van der Waals surface area contributed by atoms with Gasteiger partial charge < -0.3 is 4.74 Å². The third-order valence-electron chi connectivity index (χ3n) is 3.16. The second-order valence-corrected chi connectivity index (χ2v) is 6.51. The monoisotopic (exact) mass is 379 g/mol. The van der Waals surface area contributed by atoms with Crippen LogP contribution in [0.5, 0.6) is 5.75 Å². The van der Waals surface area contributed by atoms with Gasteiger partial charge in [-0.15, -0.1) is 10.2 Å². The molecule has 8 heteroatoms. The Morgan fingerprint density at radius 2 is 1.96 bits per heavy atom. The Hall–Kier alpha value is -2.15. The average molecular weight is 380 g/mol. The molecule has 0 fully saturated rings. The average Bonchev–Trinajstić information content (AvgIpc) is 3.02. The molecule has 0 saturated carbocycles. The Morgan fingerprint density at radius 3 is 2.71 bits per heavy atom. The molecule has 3 aromatic rings. The Morgan fingerprint density at radius 1 is 1.17 bits per heavy atom. The molecule has 0 atom stereocenters. The molecule has 0 spiro atoms. The number of carbonyl (C=O) groups is 1. The summed E-state index contributed by atoms with van der Waals surface area (Å²) in [6.45, 7) is 0. The fraction of sp³-hybridized carbons (Fsp3) is 0.0625. The Kier molecular flexibility index (Phi) is 4.99. The number of ether oxygens (including phenoxy) is 1. The molecule has 0 aliphatic rings. The maximum Gasteiger partial charge on any atom is 0.261 e. The van der Waals surface area contributed by atoms with Crippen LogP contribution in [-0.2, 0) is 0 Å². The summed E-state index contributed by atoms with van der Waals surface area (Å²) in [5.41, 5.74) is 1.12. The molecule has 0 aliphatic carbocycles. The molecule has 0 saturated heterocycles. The molecule has 0 unspecified atom stereocenters. The van der Waals surface area contributed by atoms with Gasteiger partial charge in [0.15, 0.2) is 5.01 Å². The van der Waals surface area contributed by atoms with Crippen LogP contribution in [0.2, 0.25) is 10.0 Å². The number of benzene rings is 2. The normalized spacial score (nSPS) is 10.5. The zero-order valence-corrected chi connectivity index (χ0v) is 14.7. The van der Waals surface area contributed by atoms with Gasteiger partial charge in [0.05, 0.1) is 17.7 Å². The Bertz CT molecular complexity index is 899. The fourth-order valence-corrected chi connectivity index (χ4v) is 3.37. The second kappa shape index (κ2) is 7.17. The minimum atomic E-state index is -0.322. The number of amides is 1. The van der Waals surface area contributed by atoms with E-state index in [1.165, 1.54) is 18.4 Å². The summed E-state index contributed by atoms with van der Waals surface area (Å²) in [4.78, 5) is 12.4. The van der Waals surface area contributed by atoms with Crippen LogP contribution in [0, 0.1) is 0 Å². The molecular weight excluding hydrogens is 369 g/mol. The summed E-state index contributed by atoms with van der Waals surface area (Å²) in [5, 5.41) is 12.7. The summed E-state index contributed by atoms with van der Waals surface area (Å²) >= 11 is 13.3. The first kappa shape index (κ1) is 16.7. The Labute approximate surface area is 152 Å². The third-order valence-corrected chi connectivity index (χ3v) is 4.58. The second-order valence-electron chi connectivity index (χ2n) is 4.69. The van der Waals surface area contributed by atoms with Crippen LogP contribution in [0.15, 0.2) is 42.5 Å². The van der Waals surface area contributed by atoms with E-state index in [9.17, 15) is 4.79 Å². The number of nitrogens with one attached hydrogen (secondary N) is 1. The van der Waals surface area contributed by atoms with Crippen LogP contribution in [0.1, 0.15) is 10.4 Å². The number of hydrogen-bond donors (Lipinski definition) is 1. The zero-order chi connectivity index (χ0) is 17.1. The van der Waals surface area contributed by atoms with Gasteiger partial charge in [-0.25, -0.2) is 0 Å². The predicted molar refractivity (Wildman–Crippen MR) is 96.3 cm³/mol. The van der Waals surface area contributed by atoms with Crippen molar-refractivity contribution in [2.45, 2.75) is 0 Å². The molecule has 1 aromatic heterocycles. The van der Waals surface area contributed by atoms with E-state index in [-0.39, 0.29) is 5.91 Å². The molecule has 2 aromatic carbocycles. The molecule has 3 rings (SSSR count). The van der Waals surface area contributed by atoms with Crippen LogP contribution in [0.25, 0.3) is 10.6 Å². The number of rotatable bonds is 4. The lowest BCUT2D eigenvalue weighted by molar-refractivity contribution is 0.102. The largest absolute Gasteiger partial charge is 0.496 e. The standard InChI is InChI=1S/C16H11Cl2N3O2S/c1-23-13-5-3-2-4-11(13)14(22)19-16-21-20-15(24-16)10-7-6-9(17)8-12(10)18/h2-8H,1H3,(H,19,21,22). The van der Waals surface area contributed by atoms with E-state index in [1.807, 2.05) is 0 Å². The first-order valence-electron chi connectivity index (χ1n) is 6.82. The fourth-order valence-electron chi connectivity index (χ4n) is 2.04. The summed E-state index contributed by atoms with van der Waals surface area (Å²) < 4.78 is 5.18. The SMILES string of the molecule is COc1ccccc1C(=O)Nc1nnc(-c2ccc(Cl)cc2Cl)s1. The smallest absolute Gasteiger partial charge is 0.261 e. The van der Waals surface area contributed by atoms with Gasteiger partial charge in [0.1, 0.15) is 5.75 Å². The van der Waals surface area contributed by atoms with Crippen molar-refractivity contribution in [3.8, 4) is 16.3 Å². The van der Waals surface area contributed by atoms with Crippen molar-refractivity contribution >= 4 is 45.6 Å². The van der Waals surface area contributed by atoms with Gasteiger partial charge in [0, 0.05) is 10.6 Å². The zero-order valence-electron chi connectivity index (χ0n) is 12.4. The van der Waals surface area contributed by atoms with E-state index in [0.717, 1.165) is 0 Å². The van der Waals surface area contributed by atoms with Crippen molar-refractivity contribution in [3.63, 3.8) is 0 Å². The van der Waals surface area contributed by atoms with Crippen LogP contribution in [0.4, 0.5) is 5.13 Å². The molecule has 122 valence electrons. The minimum Gasteiger partial charge on any atom is -0.496 e. The van der Waals surface area contributed by atoms with Crippen molar-refractivity contribution in [3.05, 3.63) is 58.1 Å². The number of aromatic nitrogens is 2. The topological polar surface area (TPSA) is 64.1 Å². The van der Waals surface area contributed by atoms with Crippen LogP contribution < -0.4 is 10.1 Å². The van der Waals surface area contributed by atoms with Gasteiger partial charge in [0.2, 0.25) is 5.13 Å². The molecule has 5 nitrogen and oxygen atoms in total. The van der Waals surface area contributed by atoms with Crippen molar-refractivity contribution < 1.29 is 9.53 Å². The lowest BCUT2D eigenvalue weighted by Crippen LogP contribution is -2.12. The quantitative estimate of drug-likeness (QED) is 0.708. The van der Waals surface area contributed by atoms with Crippen molar-refractivity contribution in [1.82, 2.24) is 10.2 Å². The van der Waals surface area contributed by atoms with E-state index in [0.29, 0.717) is 37.1 Å². The highest BCUT2D eigenvalue weighted by molar-refractivity contribution is 7.18. The highest BCUT2D eigenvalue weighted by Crippen LogP contribution is 2.33. The summed E-state index contributed by atoms with van der Waals surface area (Å²) in [6.07, 6.45) is 0. The van der Waals surface area contributed by atoms with Gasteiger partial charge >= 0.3 is 0 Å². The van der Waals surface area contributed by atoms with Gasteiger partial charge in [-0.05, 0) is 30.3 Å². The molecule has 0 radical (unpaired) electrons.